The van der Waals surface area contributed by atoms with E-state index in [0.717, 1.165) is 16.3 Å². The Hall–Kier alpha value is -1.91. The molecule has 0 saturated heterocycles. The number of primary amides is 1. The van der Waals surface area contributed by atoms with E-state index in [-0.39, 0.29) is 0 Å². The molecule has 1 unspecified atom stereocenters. The summed E-state index contributed by atoms with van der Waals surface area (Å²) in [5.41, 5.74) is 6.19. The van der Waals surface area contributed by atoms with Gasteiger partial charge in [-0.15, -0.1) is 0 Å². The molecule has 0 radical (unpaired) electrons. The average Bonchev–Trinajstić information content (AvgIpc) is 2.35. The van der Waals surface area contributed by atoms with Crippen molar-refractivity contribution in [2.24, 2.45) is 11.6 Å². The zero-order chi connectivity index (χ0) is 12.3. The van der Waals surface area contributed by atoms with Crippen molar-refractivity contribution in [1.29, 1.82) is 0 Å². The molecule has 4 N–H and O–H groups in total. The minimum atomic E-state index is -0.791. The Morgan fingerprint density at radius 2 is 1.88 bits per heavy atom. The SMILES string of the molecule is NOC(Cc1cccc2ccccc12)C(N)=O. The normalized spacial score (nSPS) is 12.5. The van der Waals surface area contributed by atoms with Crippen LogP contribution in [0.2, 0.25) is 0 Å². The van der Waals surface area contributed by atoms with Crippen LogP contribution in [-0.2, 0) is 16.1 Å². The van der Waals surface area contributed by atoms with E-state index in [2.05, 4.69) is 4.84 Å². The fourth-order valence-electron chi connectivity index (χ4n) is 1.89. The van der Waals surface area contributed by atoms with Crippen LogP contribution in [0.4, 0.5) is 0 Å². The van der Waals surface area contributed by atoms with E-state index in [9.17, 15) is 4.79 Å². The first kappa shape index (κ1) is 11.6. The van der Waals surface area contributed by atoms with E-state index in [1.807, 2.05) is 42.5 Å². The van der Waals surface area contributed by atoms with Crippen molar-refractivity contribution in [1.82, 2.24) is 0 Å². The maximum absolute atomic E-state index is 11.1. The molecule has 88 valence electrons. The van der Waals surface area contributed by atoms with Crippen LogP contribution in [0.3, 0.4) is 0 Å². The first-order valence-electron chi connectivity index (χ1n) is 5.34. The second kappa shape index (κ2) is 4.95. The summed E-state index contributed by atoms with van der Waals surface area (Å²) in [5, 5.41) is 2.20. The zero-order valence-corrected chi connectivity index (χ0v) is 9.30. The molecular weight excluding hydrogens is 216 g/mol. The van der Waals surface area contributed by atoms with Gasteiger partial charge in [0.2, 0.25) is 5.91 Å². The molecule has 17 heavy (non-hydrogen) atoms. The van der Waals surface area contributed by atoms with Crippen molar-refractivity contribution in [2.75, 3.05) is 0 Å². The zero-order valence-electron chi connectivity index (χ0n) is 9.30. The summed E-state index contributed by atoms with van der Waals surface area (Å²) < 4.78 is 0. The molecule has 0 aliphatic heterocycles. The highest BCUT2D eigenvalue weighted by Crippen LogP contribution is 2.20. The molecule has 0 heterocycles. The van der Waals surface area contributed by atoms with E-state index in [1.54, 1.807) is 0 Å². The van der Waals surface area contributed by atoms with Crippen LogP contribution in [0.25, 0.3) is 10.8 Å². The van der Waals surface area contributed by atoms with Crippen molar-refractivity contribution in [3.8, 4) is 0 Å². The number of hydrogen-bond acceptors (Lipinski definition) is 3. The van der Waals surface area contributed by atoms with Gasteiger partial charge in [0.05, 0.1) is 0 Å². The Morgan fingerprint density at radius 1 is 1.18 bits per heavy atom. The Balaban J connectivity index is 2.38. The number of hydrogen-bond donors (Lipinski definition) is 2. The summed E-state index contributed by atoms with van der Waals surface area (Å²) >= 11 is 0. The Bertz CT molecular complexity index is 534. The largest absolute Gasteiger partial charge is 0.367 e. The standard InChI is InChI=1S/C13H14N2O2/c14-13(16)12(17-15)8-10-6-3-5-9-4-1-2-7-11(9)10/h1-7,12H,8,15H2,(H2,14,16). The molecule has 0 bridgehead atoms. The van der Waals surface area contributed by atoms with Gasteiger partial charge in [-0.25, -0.2) is 5.90 Å². The number of carbonyl (C=O) groups excluding carboxylic acids is 1. The fourth-order valence-corrected chi connectivity index (χ4v) is 1.89. The first-order valence-corrected chi connectivity index (χ1v) is 5.34. The van der Waals surface area contributed by atoms with Gasteiger partial charge in [-0.05, 0) is 16.3 Å². The van der Waals surface area contributed by atoms with Gasteiger partial charge in [-0.2, -0.15) is 0 Å². The maximum atomic E-state index is 11.1. The van der Waals surface area contributed by atoms with Crippen LogP contribution in [0, 0.1) is 0 Å². The molecule has 1 atom stereocenters. The van der Waals surface area contributed by atoms with E-state index in [0.29, 0.717) is 6.42 Å². The van der Waals surface area contributed by atoms with E-state index in [4.69, 9.17) is 11.6 Å². The summed E-state index contributed by atoms with van der Waals surface area (Å²) in [6.45, 7) is 0. The quantitative estimate of drug-likeness (QED) is 0.773. The lowest BCUT2D eigenvalue weighted by Gasteiger charge is -2.12. The second-order valence-electron chi connectivity index (χ2n) is 3.87. The van der Waals surface area contributed by atoms with Crippen LogP contribution >= 0.6 is 0 Å². The van der Waals surface area contributed by atoms with Gasteiger partial charge in [-0.1, -0.05) is 42.5 Å². The number of carbonyl (C=O) groups is 1. The van der Waals surface area contributed by atoms with Crippen molar-refractivity contribution in [3.05, 3.63) is 48.0 Å². The fraction of sp³-hybridized carbons (Fsp3) is 0.154. The van der Waals surface area contributed by atoms with Crippen LogP contribution in [0.15, 0.2) is 42.5 Å². The topological polar surface area (TPSA) is 78.3 Å². The first-order chi connectivity index (χ1) is 8.22. The summed E-state index contributed by atoms with van der Waals surface area (Å²) in [5.74, 6) is 4.51. The van der Waals surface area contributed by atoms with E-state index < -0.39 is 12.0 Å². The third-order valence-corrected chi connectivity index (χ3v) is 2.77. The van der Waals surface area contributed by atoms with Gasteiger partial charge in [0.15, 0.2) is 6.10 Å². The molecule has 2 aromatic rings. The lowest BCUT2D eigenvalue weighted by molar-refractivity contribution is -0.129. The van der Waals surface area contributed by atoms with Crippen molar-refractivity contribution in [2.45, 2.75) is 12.5 Å². The molecule has 0 saturated carbocycles. The van der Waals surface area contributed by atoms with Gasteiger partial charge in [0, 0.05) is 6.42 Å². The van der Waals surface area contributed by atoms with Crippen LogP contribution in [-0.4, -0.2) is 12.0 Å². The number of rotatable bonds is 4. The van der Waals surface area contributed by atoms with Crippen LogP contribution < -0.4 is 11.6 Å². The molecule has 4 heteroatoms. The van der Waals surface area contributed by atoms with Crippen molar-refractivity contribution >= 4 is 16.7 Å². The number of benzene rings is 2. The van der Waals surface area contributed by atoms with Gasteiger partial charge in [0.1, 0.15) is 0 Å². The molecule has 4 nitrogen and oxygen atoms in total. The minimum absolute atomic E-state index is 0.382. The number of amides is 1. The lowest BCUT2D eigenvalue weighted by atomic mass is 10.00. The lowest BCUT2D eigenvalue weighted by Crippen LogP contribution is -2.35. The van der Waals surface area contributed by atoms with E-state index >= 15 is 0 Å². The molecular formula is C13H14N2O2. The average molecular weight is 230 g/mol. The number of nitrogens with two attached hydrogens (primary N) is 2. The predicted molar refractivity (Wildman–Crippen MR) is 65.9 cm³/mol. The molecule has 2 rings (SSSR count). The van der Waals surface area contributed by atoms with Gasteiger partial charge >= 0.3 is 0 Å². The smallest absolute Gasteiger partial charge is 0.249 e. The molecule has 0 aliphatic carbocycles. The third kappa shape index (κ3) is 2.43. The highest BCUT2D eigenvalue weighted by molar-refractivity contribution is 5.87. The highest BCUT2D eigenvalue weighted by Gasteiger charge is 2.16. The molecule has 2 aromatic carbocycles. The highest BCUT2D eigenvalue weighted by atomic mass is 16.6. The van der Waals surface area contributed by atoms with Crippen molar-refractivity contribution < 1.29 is 9.63 Å². The summed E-state index contributed by atoms with van der Waals surface area (Å²) in [6, 6.07) is 13.8. The molecule has 0 fully saturated rings. The van der Waals surface area contributed by atoms with Gasteiger partial charge < -0.3 is 5.73 Å². The second-order valence-corrected chi connectivity index (χ2v) is 3.87. The van der Waals surface area contributed by atoms with Crippen LogP contribution in [0.5, 0.6) is 0 Å². The molecule has 0 aromatic heterocycles. The van der Waals surface area contributed by atoms with Crippen molar-refractivity contribution in [3.63, 3.8) is 0 Å². The summed E-state index contributed by atoms with van der Waals surface area (Å²) in [7, 11) is 0. The third-order valence-electron chi connectivity index (χ3n) is 2.77. The van der Waals surface area contributed by atoms with Crippen LogP contribution in [0.1, 0.15) is 5.56 Å². The van der Waals surface area contributed by atoms with E-state index in [1.165, 1.54) is 0 Å². The van der Waals surface area contributed by atoms with Gasteiger partial charge in [-0.3, -0.25) is 9.63 Å². The van der Waals surface area contributed by atoms with Gasteiger partial charge in [0.25, 0.3) is 0 Å². The summed E-state index contributed by atoms with van der Waals surface area (Å²) in [6.07, 6.45) is -0.409. The maximum Gasteiger partial charge on any atom is 0.249 e. The Morgan fingerprint density at radius 3 is 2.59 bits per heavy atom. The number of fused-ring (bicyclic) bond motifs is 1. The summed E-state index contributed by atoms with van der Waals surface area (Å²) in [4.78, 5) is 15.7. The predicted octanol–water partition coefficient (Wildman–Crippen LogP) is 1.13. The Labute approximate surface area is 99.1 Å². The Kier molecular flexibility index (Phi) is 3.37. The molecule has 0 aliphatic rings. The monoisotopic (exact) mass is 230 g/mol. The molecule has 0 spiro atoms. The molecule has 1 amide bonds. The minimum Gasteiger partial charge on any atom is -0.367 e.